The van der Waals surface area contributed by atoms with Gasteiger partial charge in [0.25, 0.3) is 0 Å². The number of aliphatic hydroxyl groups is 2. The molecule has 1 aromatic rings. The van der Waals surface area contributed by atoms with E-state index in [0.717, 1.165) is 19.3 Å². The first-order valence-electron chi connectivity index (χ1n) is 8.37. The zero-order valence-corrected chi connectivity index (χ0v) is 13.8. The van der Waals surface area contributed by atoms with Gasteiger partial charge in [0.1, 0.15) is 0 Å². The second-order valence-electron chi connectivity index (χ2n) is 6.95. The molecule has 0 heterocycles. The summed E-state index contributed by atoms with van der Waals surface area (Å²) in [5, 5.41) is 30.5. The second kappa shape index (κ2) is 5.68. The smallest absolute Gasteiger partial charge is 0.151 e. The molecular formula is C20H23NO2. The van der Waals surface area contributed by atoms with Gasteiger partial charge in [-0.15, -0.1) is 5.92 Å². The number of aryl methyl sites for hydroxylation is 1. The summed E-state index contributed by atoms with van der Waals surface area (Å²) in [5.41, 5.74) is 1.76. The normalized spacial score (nSPS) is 35.3. The lowest BCUT2D eigenvalue weighted by Crippen LogP contribution is -2.57. The predicted octanol–water partition coefficient (Wildman–Crippen LogP) is 2.68. The highest BCUT2D eigenvalue weighted by molar-refractivity contribution is 5.45. The Morgan fingerprint density at radius 3 is 2.78 bits per heavy atom. The Morgan fingerprint density at radius 2 is 2.13 bits per heavy atom. The van der Waals surface area contributed by atoms with Crippen molar-refractivity contribution in [2.24, 2.45) is 5.92 Å². The van der Waals surface area contributed by atoms with E-state index in [0.29, 0.717) is 24.3 Å². The molecule has 3 heteroatoms. The molecule has 0 radical (unpaired) electrons. The summed E-state index contributed by atoms with van der Waals surface area (Å²) in [5.74, 6) is 5.92. The topological polar surface area (TPSA) is 64.2 Å². The lowest BCUT2D eigenvalue weighted by atomic mass is 9.52. The molecule has 120 valence electrons. The molecular weight excluding hydrogens is 286 g/mol. The van der Waals surface area contributed by atoms with Gasteiger partial charge in [0.05, 0.1) is 17.7 Å². The highest BCUT2D eigenvalue weighted by Gasteiger charge is 2.54. The predicted molar refractivity (Wildman–Crippen MR) is 88.6 cm³/mol. The van der Waals surface area contributed by atoms with Gasteiger partial charge in [0, 0.05) is 5.41 Å². The van der Waals surface area contributed by atoms with Crippen LogP contribution in [-0.2, 0) is 11.8 Å². The van der Waals surface area contributed by atoms with Crippen LogP contribution >= 0.6 is 0 Å². The maximum atomic E-state index is 10.8. The van der Waals surface area contributed by atoms with Crippen molar-refractivity contribution in [1.29, 1.82) is 5.26 Å². The summed E-state index contributed by atoms with van der Waals surface area (Å²) in [6, 6.07) is 8.13. The molecule has 3 unspecified atom stereocenters. The molecule has 2 N–H and O–H groups in total. The average molecular weight is 309 g/mol. The summed E-state index contributed by atoms with van der Waals surface area (Å²) >= 11 is 0. The van der Waals surface area contributed by atoms with E-state index >= 15 is 0 Å². The fourth-order valence-corrected chi connectivity index (χ4v) is 4.76. The van der Waals surface area contributed by atoms with Crippen LogP contribution in [0.2, 0.25) is 0 Å². The summed E-state index contributed by atoms with van der Waals surface area (Å²) in [6.45, 7) is 3.86. The summed E-state index contributed by atoms with van der Waals surface area (Å²) in [7, 11) is 0. The molecule has 23 heavy (non-hydrogen) atoms. The number of nitrogens with zero attached hydrogens (tertiary/aromatic N) is 1. The first-order chi connectivity index (χ1) is 11.0. The highest BCUT2D eigenvalue weighted by Crippen LogP contribution is 2.54. The zero-order valence-electron chi connectivity index (χ0n) is 13.8. The van der Waals surface area contributed by atoms with Crippen LogP contribution in [0.25, 0.3) is 0 Å². The first kappa shape index (κ1) is 16.1. The fourth-order valence-electron chi connectivity index (χ4n) is 4.76. The van der Waals surface area contributed by atoms with Crippen molar-refractivity contribution < 1.29 is 10.2 Å². The zero-order chi connectivity index (χ0) is 16.7. The third-order valence-corrected chi connectivity index (χ3v) is 5.95. The van der Waals surface area contributed by atoms with Crippen molar-refractivity contribution >= 4 is 0 Å². The van der Waals surface area contributed by atoms with Crippen molar-refractivity contribution in [2.75, 3.05) is 0 Å². The third kappa shape index (κ3) is 2.36. The van der Waals surface area contributed by atoms with E-state index in [4.69, 9.17) is 5.26 Å². The largest absolute Gasteiger partial charge is 0.389 e. The van der Waals surface area contributed by atoms with Gasteiger partial charge in [-0.05, 0) is 68.2 Å². The monoisotopic (exact) mass is 309 g/mol. The molecule has 1 fully saturated rings. The van der Waals surface area contributed by atoms with Gasteiger partial charge in [0.2, 0.25) is 0 Å². The molecule has 2 aliphatic rings. The molecule has 2 aliphatic carbocycles. The summed E-state index contributed by atoms with van der Waals surface area (Å²) in [6.07, 6.45) is 3.01. The number of aliphatic hydroxyl groups excluding tert-OH is 1. The van der Waals surface area contributed by atoms with E-state index in [2.05, 4.69) is 30.9 Å². The van der Waals surface area contributed by atoms with E-state index in [9.17, 15) is 10.2 Å². The van der Waals surface area contributed by atoms with Crippen LogP contribution in [0, 0.1) is 29.1 Å². The molecule has 0 amide bonds. The Labute approximate surface area is 138 Å². The van der Waals surface area contributed by atoms with Crippen LogP contribution in [0.15, 0.2) is 18.2 Å². The lowest BCUT2D eigenvalue weighted by molar-refractivity contribution is -0.106. The van der Waals surface area contributed by atoms with Crippen molar-refractivity contribution in [2.45, 2.75) is 63.1 Å². The Morgan fingerprint density at radius 1 is 1.35 bits per heavy atom. The molecule has 0 aromatic heterocycles. The molecule has 4 atom stereocenters. The van der Waals surface area contributed by atoms with E-state index in [1.165, 1.54) is 11.1 Å². The molecule has 0 saturated heterocycles. The van der Waals surface area contributed by atoms with Crippen molar-refractivity contribution in [3.05, 3.63) is 34.9 Å². The first-order valence-corrected chi connectivity index (χ1v) is 8.37. The van der Waals surface area contributed by atoms with E-state index in [1.54, 1.807) is 6.92 Å². The van der Waals surface area contributed by atoms with Gasteiger partial charge >= 0.3 is 0 Å². The van der Waals surface area contributed by atoms with E-state index in [1.807, 2.05) is 12.1 Å². The molecule has 1 saturated carbocycles. The van der Waals surface area contributed by atoms with Crippen molar-refractivity contribution in [1.82, 2.24) is 0 Å². The molecule has 3 nitrogen and oxygen atoms in total. The number of hydrogen-bond donors (Lipinski definition) is 2. The highest BCUT2D eigenvalue weighted by atomic mass is 16.3. The van der Waals surface area contributed by atoms with Gasteiger partial charge in [-0.3, -0.25) is 0 Å². The Hall–Kier alpha value is -1.81. The van der Waals surface area contributed by atoms with Crippen molar-refractivity contribution in [3.63, 3.8) is 0 Å². The van der Waals surface area contributed by atoms with Crippen LogP contribution in [0.4, 0.5) is 0 Å². The van der Waals surface area contributed by atoms with Gasteiger partial charge < -0.3 is 10.2 Å². The van der Waals surface area contributed by atoms with Crippen molar-refractivity contribution in [3.8, 4) is 17.9 Å². The van der Waals surface area contributed by atoms with Gasteiger partial charge in [-0.1, -0.05) is 18.9 Å². The number of rotatable bonds is 1. The molecule has 1 aromatic carbocycles. The standard InChI is InChI=1S/C20H23NO2/c1-3-9-20(23)11-16-7-6-15-10-14(13-21)5-8-17(15)19(16,4-2)12-18(20)22/h5,8,10,16,18,22-23H,4,6-7,11-12H2,1-2H3/t16-,18?,19?,20?/m1/s1. The second-order valence-corrected chi connectivity index (χ2v) is 6.95. The minimum Gasteiger partial charge on any atom is -0.389 e. The fraction of sp³-hybridized carbons (Fsp3) is 0.550. The lowest BCUT2D eigenvalue weighted by Gasteiger charge is -2.53. The van der Waals surface area contributed by atoms with Gasteiger partial charge in [-0.2, -0.15) is 5.26 Å². The molecule has 0 bridgehead atoms. The van der Waals surface area contributed by atoms with Gasteiger partial charge in [-0.25, -0.2) is 0 Å². The summed E-state index contributed by atoms with van der Waals surface area (Å²) < 4.78 is 0. The number of benzene rings is 1. The molecule has 3 rings (SSSR count). The van der Waals surface area contributed by atoms with Crippen LogP contribution in [0.5, 0.6) is 0 Å². The maximum Gasteiger partial charge on any atom is 0.151 e. The maximum absolute atomic E-state index is 10.8. The van der Waals surface area contributed by atoms with E-state index < -0.39 is 11.7 Å². The number of fused-ring (bicyclic) bond motifs is 3. The summed E-state index contributed by atoms with van der Waals surface area (Å²) in [4.78, 5) is 0. The quantitative estimate of drug-likeness (QED) is 0.784. The minimum atomic E-state index is -1.29. The Kier molecular flexibility index (Phi) is 3.96. The van der Waals surface area contributed by atoms with Crippen LogP contribution in [0.1, 0.15) is 56.2 Å². The van der Waals surface area contributed by atoms with Crippen LogP contribution < -0.4 is 0 Å². The van der Waals surface area contributed by atoms with Crippen LogP contribution in [0.3, 0.4) is 0 Å². The Balaban J connectivity index is 2.07. The van der Waals surface area contributed by atoms with Crippen LogP contribution in [-0.4, -0.2) is 21.9 Å². The Bertz CT molecular complexity index is 723. The number of hydrogen-bond acceptors (Lipinski definition) is 3. The molecule has 0 aliphatic heterocycles. The average Bonchev–Trinajstić information content (AvgIpc) is 2.55. The third-order valence-electron chi connectivity index (χ3n) is 5.95. The minimum absolute atomic E-state index is 0.122. The van der Waals surface area contributed by atoms with Gasteiger partial charge in [0.15, 0.2) is 5.60 Å². The molecule has 0 spiro atoms. The SMILES string of the molecule is CC#CC1(O)C[C@H]2CCc3cc(C#N)ccc3C2(CC)CC1O. The number of nitriles is 1. The van der Waals surface area contributed by atoms with E-state index in [-0.39, 0.29) is 5.41 Å².